The summed E-state index contributed by atoms with van der Waals surface area (Å²) >= 11 is 0. The van der Waals surface area contributed by atoms with Crippen molar-refractivity contribution in [3.63, 3.8) is 0 Å². The first-order valence-electron chi connectivity index (χ1n) is 8.59. The molecule has 1 heterocycles. The Labute approximate surface area is 134 Å². The molecule has 1 aromatic heterocycles. The number of aromatic nitrogens is 2. The molecule has 124 valence electrons. The van der Waals surface area contributed by atoms with E-state index in [-0.39, 0.29) is 0 Å². The first kappa shape index (κ1) is 16.8. The number of nitrogens with zero attached hydrogens (tertiary/aromatic N) is 3. The Morgan fingerprint density at radius 3 is 2.73 bits per heavy atom. The minimum Gasteiger partial charge on any atom is -0.356 e. The van der Waals surface area contributed by atoms with E-state index in [9.17, 15) is 0 Å². The summed E-state index contributed by atoms with van der Waals surface area (Å²) in [5.74, 6) is 1.43. The normalized spacial score (nSPS) is 19.1. The lowest BCUT2D eigenvalue weighted by Crippen LogP contribution is -2.44. The Morgan fingerprint density at radius 2 is 2.14 bits per heavy atom. The molecule has 0 saturated heterocycles. The lowest BCUT2D eigenvalue weighted by atomic mass is 9.83. The minimum absolute atomic E-state index is 0.484. The van der Waals surface area contributed by atoms with Gasteiger partial charge in [0.15, 0.2) is 5.96 Å². The Kier molecular flexibility index (Phi) is 6.28. The highest BCUT2D eigenvalue weighted by Gasteiger charge is 2.31. The van der Waals surface area contributed by atoms with E-state index in [1.54, 1.807) is 0 Å². The molecule has 0 aromatic carbocycles. The third-order valence-corrected chi connectivity index (χ3v) is 4.94. The van der Waals surface area contributed by atoms with Crippen LogP contribution in [0.3, 0.4) is 0 Å². The third kappa shape index (κ3) is 4.75. The summed E-state index contributed by atoms with van der Waals surface area (Å²) in [4.78, 5) is 4.36. The summed E-state index contributed by atoms with van der Waals surface area (Å²) in [6, 6.07) is 1.96. The molecule has 2 N–H and O–H groups in total. The molecule has 1 atom stereocenters. The lowest BCUT2D eigenvalue weighted by molar-refractivity contribution is 0.283. The van der Waals surface area contributed by atoms with Gasteiger partial charge in [-0.2, -0.15) is 5.10 Å². The zero-order valence-electron chi connectivity index (χ0n) is 14.3. The van der Waals surface area contributed by atoms with Crippen LogP contribution < -0.4 is 10.6 Å². The largest absolute Gasteiger partial charge is 0.356 e. The number of aliphatic imine (C=N–C) groups is 1. The maximum atomic E-state index is 4.36. The summed E-state index contributed by atoms with van der Waals surface area (Å²) in [6.45, 7) is 7.41. The molecule has 0 aliphatic heterocycles. The van der Waals surface area contributed by atoms with Gasteiger partial charge in [0.25, 0.3) is 0 Å². The molecule has 1 aliphatic rings. The van der Waals surface area contributed by atoms with Crippen LogP contribution in [0.5, 0.6) is 0 Å². The Morgan fingerprint density at radius 1 is 1.36 bits per heavy atom. The van der Waals surface area contributed by atoms with E-state index >= 15 is 0 Å². The number of rotatable bonds is 7. The second-order valence-electron chi connectivity index (χ2n) is 6.70. The molecule has 1 unspecified atom stereocenters. The van der Waals surface area contributed by atoms with Crippen molar-refractivity contribution in [3.8, 4) is 0 Å². The van der Waals surface area contributed by atoms with E-state index in [0.29, 0.717) is 11.3 Å². The maximum Gasteiger partial charge on any atom is 0.191 e. The SMILES string of the molecule is CCC1(CNC(=NC)NCC(C)Cn2cccn2)CCCC1. The molecule has 5 nitrogen and oxygen atoms in total. The molecule has 1 saturated carbocycles. The van der Waals surface area contributed by atoms with E-state index in [1.807, 2.05) is 30.2 Å². The molecule has 0 bridgehead atoms. The topological polar surface area (TPSA) is 54.2 Å². The summed E-state index contributed by atoms with van der Waals surface area (Å²) < 4.78 is 1.98. The fraction of sp³-hybridized carbons (Fsp3) is 0.765. The Balaban J connectivity index is 1.73. The van der Waals surface area contributed by atoms with Crippen LogP contribution >= 0.6 is 0 Å². The van der Waals surface area contributed by atoms with Gasteiger partial charge in [-0.05, 0) is 36.7 Å². The molecular weight excluding hydrogens is 274 g/mol. The fourth-order valence-electron chi connectivity index (χ4n) is 3.34. The molecule has 0 amide bonds. The summed E-state index contributed by atoms with van der Waals surface area (Å²) in [5, 5.41) is 11.2. The second kappa shape index (κ2) is 8.20. The first-order valence-corrected chi connectivity index (χ1v) is 8.59. The molecule has 5 heteroatoms. The average molecular weight is 305 g/mol. The molecular formula is C17H31N5. The van der Waals surface area contributed by atoms with E-state index in [1.165, 1.54) is 32.1 Å². The quantitative estimate of drug-likeness (QED) is 0.601. The van der Waals surface area contributed by atoms with Gasteiger partial charge in [0.1, 0.15) is 0 Å². The molecule has 1 aromatic rings. The molecule has 1 aliphatic carbocycles. The number of hydrogen-bond donors (Lipinski definition) is 2. The monoisotopic (exact) mass is 305 g/mol. The van der Waals surface area contributed by atoms with Crippen LogP contribution in [0.15, 0.2) is 23.5 Å². The number of guanidine groups is 1. The number of nitrogens with one attached hydrogen (secondary N) is 2. The van der Waals surface area contributed by atoms with Crippen molar-refractivity contribution >= 4 is 5.96 Å². The molecule has 2 rings (SSSR count). The van der Waals surface area contributed by atoms with E-state index in [4.69, 9.17) is 0 Å². The van der Waals surface area contributed by atoms with Crippen LogP contribution in [-0.4, -0.2) is 35.9 Å². The average Bonchev–Trinajstić information content (AvgIpc) is 3.19. The van der Waals surface area contributed by atoms with Gasteiger partial charge < -0.3 is 10.6 Å². The van der Waals surface area contributed by atoms with E-state index in [0.717, 1.165) is 25.6 Å². The minimum atomic E-state index is 0.484. The summed E-state index contributed by atoms with van der Waals surface area (Å²) in [5.41, 5.74) is 0.484. The van der Waals surface area contributed by atoms with Crippen LogP contribution in [0, 0.1) is 11.3 Å². The Hall–Kier alpha value is -1.52. The van der Waals surface area contributed by atoms with Crippen molar-refractivity contribution in [2.24, 2.45) is 16.3 Å². The predicted molar refractivity (Wildman–Crippen MR) is 91.9 cm³/mol. The Bertz CT molecular complexity index is 446. The van der Waals surface area contributed by atoms with E-state index in [2.05, 4.69) is 34.6 Å². The van der Waals surface area contributed by atoms with Gasteiger partial charge >= 0.3 is 0 Å². The first-order chi connectivity index (χ1) is 10.7. The van der Waals surface area contributed by atoms with Crippen LogP contribution in [0.4, 0.5) is 0 Å². The van der Waals surface area contributed by atoms with Gasteiger partial charge in [-0.1, -0.05) is 26.7 Å². The maximum absolute atomic E-state index is 4.36. The standard InChI is InChI=1S/C17H31N5/c1-4-17(8-5-6-9-17)14-20-16(18-3)19-12-15(2)13-22-11-7-10-21-22/h7,10-11,15H,4-6,8-9,12-14H2,1-3H3,(H2,18,19,20). The third-order valence-electron chi connectivity index (χ3n) is 4.94. The van der Waals surface area contributed by atoms with Gasteiger partial charge in [0.2, 0.25) is 0 Å². The lowest BCUT2D eigenvalue weighted by Gasteiger charge is -2.28. The number of hydrogen-bond acceptors (Lipinski definition) is 2. The second-order valence-corrected chi connectivity index (χ2v) is 6.70. The van der Waals surface area contributed by atoms with Gasteiger partial charge in [0.05, 0.1) is 0 Å². The van der Waals surface area contributed by atoms with Crippen molar-refractivity contribution in [2.45, 2.75) is 52.5 Å². The van der Waals surface area contributed by atoms with Crippen molar-refractivity contribution < 1.29 is 0 Å². The van der Waals surface area contributed by atoms with Crippen LogP contribution in [0.1, 0.15) is 46.0 Å². The zero-order chi connectivity index (χ0) is 15.8. The van der Waals surface area contributed by atoms with Crippen LogP contribution in [0.25, 0.3) is 0 Å². The molecule has 0 radical (unpaired) electrons. The van der Waals surface area contributed by atoms with Gasteiger partial charge in [-0.25, -0.2) is 0 Å². The van der Waals surface area contributed by atoms with Gasteiger partial charge in [0, 0.05) is 39.1 Å². The van der Waals surface area contributed by atoms with Crippen molar-refractivity contribution in [2.75, 3.05) is 20.1 Å². The smallest absolute Gasteiger partial charge is 0.191 e. The van der Waals surface area contributed by atoms with Crippen molar-refractivity contribution in [1.29, 1.82) is 0 Å². The van der Waals surface area contributed by atoms with Gasteiger partial charge in [-0.3, -0.25) is 9.67 Å². The fourth-order valence-corrected chi connectivity index (χ4v) is 3.34. The highest BCUT2D eigenvalue weighted by Crippen LogP contribution is 2.40. The van der Waals surface area contributed by atoms with E-state index < -0.39 is 0 Å². The van der Waals surface area contributed by atoms with Crippen LogP contribution in [-0.2, 0) is 6.54 Å². The predicted octanol–water partition coefficient (Wildman–Crippen LogP) is 2.65. The molecule has 0 spiro atoms. The zero-order valence-corrected chi connectivity index (χ0v) is 14.3. The van der Waals surface area contributed by atoms with Gasteiger partial charge in [-0.15, -0.1) is 0 Å². The van der Waals surface area contributed by atoms with Crippen molar-refractivity contribution in [1.82, 2.24) is 20.4 Å². The highest BCUT2D eigenvalue weighted by atomic mass is 15.3. The molecule has 22 heavy (non-hydrogen) atoms. The molecule has 1 fully saturated rings. The van der Waals surface area contributed by atoms with Crippen molar-refractivity contribution in [3.05, 3.63) is 18.5 Å². The summed E-state index contributed by atoms with van der Waals surface area (Å²) in [6.07, 6.45) is 10.5. The van der Waals surface area contributed by atoms with Crippen LogP contribution in [0.2, 0.25) is 0 Å². The summed E-state index contributed by atoms with van der Waals surface area (Å²) in [7, 11) is 1.85. The highest BCUT2D eigenvalue weighted by molar-refractivity contribution is 5.79.